The molecule has 2 aromatic rings. The molecule has 0 heterocycles. The molecular weight excluding hydrogens is 282 g/mol. The van der Waals surface area contributed by atoms with Gasteiger partial charge in [0.15, 0.2) is 0 Å². The molecule has 112 valence electrons. The molecule has 0 aromatic heterocycles. The Bertz CT molecular complexity index is 721. The highest BCUT2D eigenvalue weighted by atomic mass is 28.3. The van der Waals surface area contributed by atoms with E-state index in [0.29, 0.717) is 0 Å². The van der Waals surface area contributed by atoms with Crippen molar-refractivity contribution in [1.29, 1.82) is 0 Å². The zero-order chi connectivity index (χ0) is 16.2. The van der Waals surface area contributed by atoms with Gasteiger partial charge >= 0.3 is 0 Å². The fourth-order valence-corrected chi connectivity index (χ4v) is 2.36. The number of nitrogens with zero attached hydrogens (tertiary/aromatic N) is 1. The maximum absolute atomic E-state index is 4.77. The molecule has 2 aromatic carbocycles. The van der Waals surface area contributed by atoms with Crippen molar-refractivity contribution in [2.24, 2.45) is 4.99 Å². The third-order valence-corrected chi connectivity index (χ3v) is 4.03. The minimum absolute atomic E-state index is 0.853. The second-order valence-corrected chi connectivity index (χ2v) is 11.4. The van der Waals surface area contributed by atoms with E-state index in [2.05, 4.69) is 81.4 Å². The van der Waals surface area contributed by atoms with Crippen molar-refractivity contribution < 1.29 is 0 Å². The molecule has 0 saturated heterocycles. The quantitative estimate of drug-likeness (QED) is 0.405. The van der Waals surface area contributed by atoms with Crippen LogP contribution in [0, 0.1) is 25.3 Å². The molecule has 0 spiro atoms. The van der Waals surface area contributed by atoms with E-state index in [-0.39, 0.29) is 0 Å². The predicted octanol–water partition coefficient (Wildman–Crippen LogP) is 5.31. The Kier molecular flexibility index (Phi) is 5.00. The Labute approximate surface area is 135 Å². The minimum Gasteiger partial charge on any atom is -0.239 e. The van der Waals surface area contributed by atoms with Crippen LogP contribution in [0.2, 0.25) is 19.6 Å². The van der Waals surface area contributed by atoms with Gasteiger partial charge in [-0.05, 0) is 26.0 Å². The first-order valence-corrected chi connectivity index (χ1v) is 11.1. The first-order chi connectivity index (χ1) is 10.3. The van der Waals surface area contributed by atoms with Crippen molar-refractivity contribution in [1.82, 2.24) is 0 Å². The number of hydrogen-bond donors (Lipinski definition) is 0. The predicted molar refractivity (Wildman–Crippen MR) is 99.7 cm³/mol. The van der Waals surface area contributed by atoms with Crippen molar-refractivity contribution >= 4 is 19.5 Å². The van der Waals surface area contributed by atoms with Crippen molar-refractivity contribution in [3.05, 3.63) is 65.2 Å². The second kappa shape index (κ2) is 6.77. The van der Waals surface area contributed by atoms with Crippen molar-refractivity contribution in [3.8, 4) is 11.5 Å². The van der Waals surface area contributed by atoms with Gasteiger partial charge in [0.25, 0.3) is 0 Å². The van der Waals surface area contributed by atoms with Crippen LogP contribution < -0.4 is 0 Å². The third-order valence-electron chi connectivity index (χ3n) is 3.16. The van der Waals surface area contributed by atoms with Crippen LogP contribution >= 0.6 is 0 Å². The van der Waals surface area contributed by atoms with Crippen molar-refractivity contribution in [2.45, 2.75) is 33.5 Å². The average molecular weight is 305 g/mol. The van der Waals surface area contributed by atoms with Crippen molar-refractivity contribution in [3.63, 3.8) is 0 Å². The molecule has 1 nitrogen and oxygen atoms in total. The average Bonchev–Trinajstić information content (AvgIpc) is 2.45. The van der Waals surface area contributed by atoms with Crippen LogP contribution in [0.25, 0.3) is 0 Å². The summed E-state index contributed by atoms with van der Waals surface area (Å²) in [6, 6.07) is 16.7. The van der Waals surface area contributed by atoms with Gasteiger partial charge in [0.1, 0.15) is 13.8 Å². The molecule has 0 fully saturated rings. The summed E-state index contributed by atoms with van der Waals surface area (Å²) in [6.45, 7) is 10.9. The topological polar surface area (TPSA) is 12.4 Å². The van der Waals surface area contributed by atoms with E-state index in [1.54, 1.807) is 0 Å². The van der Waals surface area contributed by atoms with Crippen LogP contribution in [0.15, 0.2) is 53.5 Å². The lowest BCUT2D eigenvalue weighted by atomic mass is 10.1. The lowest BCUT2D eigenvalue weighted by Crippen LogP contribution is -2.17. The smallest absolute Gasteiger partial charge is 0.129 e. The summed E-state index contributed by atoms with van der Waals surface area (Å²) in [5, 5.41) is 0. The molecule has 0 unspecified atom stereocenters. The Hall–Kier alpha value is -2.11. The number of rotatable bonds is 2. The molecule has 0 saturated carbocycles. The molecule has 0 atom stereocenters. The van der Waals surface area contributed by atoms with E-state index in [4.69, 9.17) is 4.99 Å². The summed E-state index contributed by atoms with van der Waals surface area (Å²) < 4.78 is 0. The highest BCUT2D eigenvalue weighted by Gasteiger charge is 2.09. The van der Waals surface area contributed by atoms with Crippen LogP contribution in [-0.4, -0.2) is 13.8 Å². The van der Waals surface area contributed by atoms with E-state index in [1.165, 1.54) is 11.1 Å². The number of aryl methyl sites for hydroxylation is 2. The van der Waals surface area contributed by atoms with Gasteiger partial charge in [0.05, 0.1) is 5.69 Å². The summed E-state index contributed by atoms with van der Waals surface area (Å²) >= 11 is 0. The van der Waals surface area contributed by atoms with Gasteiger partial charge in [-0.3, -0.25) is 0 Å². The lowest BCUT2D eigenvalue weighted by Gasteiger charge is -2.06. The van der Waals surface area contributed by atoms with Gasteiger partial charge in [-0.2, -0.15) is 0 Å². The van der Waals surface area contributed by atoms with Gasteiger partial charge < -0.3 is 0 Å². The molecule has 0 amide bonds. The Balaban J connectivity index is 2.46. The van der Waals surface area contributed by atoms with Gasteiger partial charge in [-0.1, -0.05) is 73.1 Å². The van der Waals surface area contributed by atoms with Gasteiger partial charge in [0, 0.05) is 5.56 Å². The highest BCUT2D eigenvalue weighted by Crippen LogP contribution is 2.15. The van der Waals surface area contributed by atoms with Crippen LogP contribution in [0.3, 0.4) is 0 Å². The molecule has 0 aliphatic rings. The van der Waals surface area contributed by atoms with Gasteiger partial charge in [-0.15, -0.1) is 5.54 Å². The normalized spacial score (nSPS) is 11.8. The lowest BCUT2D eigenvalue weighted by molar-refractivity contribution is 1.42. The molecule has 2 rings (SSSR count). The monoisotopic (exact) mass is 305 g/mol. The molecule has 0 bridgehead atoms. The number of aliphatic imine (C=N–C) groups is 1. The highest BCUT2D eigenvalue weighted by molar-refractivity contribution is 6.84. The van der Waals surface area contributed by atoms with Crippen LogP contribution in [0.1, 0.15) is 16.7 Å². The molecule has 0 aliphatic carbocycles. The fraction of sp³-hybridized carbons (Fsp3) is 0.250. The van der Waals surface area contributed by atoms with Crippen LogP contribution in [0.5, 0.6) is 0 Å². The molecule has 0 aliphatic heterocycles. The summed E-state index contributed by atoms with van der Waals surface area (Å²) in [6.07, 6.45) is 0. The number of hydrogen-bond acceptors (Lipinski definition) is 1. The maximum Gasteiger partial charge on any atom is 0.129 e. The van der Waals surface area contributed by atoms with E-state index in [9.17, 15) is 0 Å². The maximum atomic E-state index is 4.77. The van der Waals surface area contributed by atoms with Gasteiger partial charge in [-0.25, -0.2) is 4.99 Å². The summed E-state index contributed by atoms with van der Waals surface area (Å²) in [4.78, 5) is 4.77. The first kappa shape index (κ1) is 16.3. The zero-order valence-electron chi connectivity index (χ0n) is 14.1. The summed E-state index contributed by atoms with van der Waals surface area (Å²) in [7, 11) is -1.43. The summed E-state index contributed by atoms with van der Waals surface area (Å²) in [5.41, 5.74) is 8.80. The third kappa shape index (κ3) is 5.02. The van der Waals surface area contributed by atoms with E-state index >= 15 is 0 Å². The Morgan fingerprint density at radius 1 is 0.818 bits per heavy atom. The van der Waals surface area contributed by atoms with Crippen LogP contribution in [-0.2, 0) is 0 Å². The van der Waals surface area contributed by atoms with Crippen LogP contribution in [0.4, 0.5) is 5.69 Å². The molecular formula is C20H23NSi. The molecule has 22 heavy (non-hydrogen) atoms. The second-order valence-electron chi connectivity index (χ2n) is 6.66. The van der Waals surface area contributed by atoms with E-state index in [1.807, 2.05) is 12.1 Å². The first-order valence-electron chi connectivity index (χ1n) is 7.59. The minimum atomic E-state index is -1.43. The fourth-order valence-electron chi connectivity index (χ4n) is 1.87. The van der Waals surface area contributed by atoms with Gasteiger partial charge in [0.2, 0.25) is 0 Å². The Morgan fingerprint density at radius 3 is 1.82 bits per heavy atom. The Morgan fingerprint density at radius 2 is 1.32 bits per heavy atom. The largest absolute Gasteiger partial charge is 0.239 e. The molecule has 0 radical (unpaired) electrons. The zero-order valence-corrected chi connectivity index (χ0v) is 15.1. The SMILES string of the molecule is Cc1ccc(N=C(C#C[Si](C)(C)C)c2ccc(C)cc2)cc1. The molecule has 2 heteroatoms. The van der Waals surface area contributed by atoms with E-state index in [0.717, 1.165) is 17.0 Å². The number of benzene rings is 2. The van der Waals surface area contributed by atoms with Crippen molar-refractivity contribution in [2.75, 3.05) is 0 Å². The summed E-state index contributed by atoms with van der Waals surface area (Å²) in [5.74, 6) is 3.32. The standard InChI is InChI=1S/C20H23NSi/c1-16-6-10-18(11-7-16)20(14-15-22(3,4)5)21-19-12-8-17(2)9-13-19/h6-13H,1-5H3. The molecule has 0 N–H and O–H groups in total. The van der Waals surface area contributed by atoms with E-state index < -0.39 is 8.07 Å².